The maximum atomic E-state index is 4.38. The number of hydrogen-bond acceptors (Lipinski definition) is 5. The van der Waals surface area contributed by atoms with Gasteiger partial charge in [0.15, 0.2) is 0 Å². The first kappa shape index (κ1) is 9.18. The van der Waals surface area contributed by atoms with Gasteiger partial charge in [0.05, 0.1) is 0 Å². The van der Waals surface area contributed by atoms with E-state index in [0.29, 0.717) is 0 Å². The van der Waals surface area contributed by atoms with Gasteiger partial charge in [-0.3, -0.25) is 0 Å². The number of thiazole rings is 2. The van der Waals surface area contributed by atoms with Crippen molar-refractivity contribution in [2.24, 2.45) is 4.90 Å². The van der Waals surface area contributed by atoms with Crippen LogP contribution in [0.2, 0.25) is 0 Å². The summed E-state index contributed by atoms with van der Waals surface area (Å²) in [6.07, 6.45) is 3.63. The topological polar surface area (TPSA) is 38.1 Å². The Morgan fingerprint density at radius 2 is 1.80 bits per heavy atom. The molecular formula is C8H5B2N3S2. The first-order chi connectivity index (χ1) is 7.45. The van der Waals surface area contributed by atoms with E-state index in [0.717, 1.165) is 22.9 Å². The van der Waals surface area contributed by atoms with Crippen molar-refractivity contribution in [3.05, 3.63) is 33.2 Å². The first-order valence-electron chi connectivity index (χ1n) is 4.50. The van der Waals surface area contributed by atoms with Gasteiger partial charge in [-0.25, -0.2) is 0 Å². The maximum absolute atomic E-state index is 4.38. The molecule has 0 spiro atoms. The van der Waals surface area contributed by atoms with Crippen molar-refractivity contribution in [1.29, 1.82) is 0 Å². The second-order valence-corrected chi connectivity index (χ2v) is 4.81. The zero-order valence-corrected chi connectivity index (χ0v) is 9.38. The molecule has 0 aliphatic carbocycles. The van der Waals surface area contributed by atoms with E-state index in [9.17, 15) is 0 Å². The van der Waals surface area contributed by atoms with E-state index in [-0.39, 0.29) is 0 Å². The van der Waals surface area contributed by atoms with Crippen molar-refractivity contribution < 1.29 is 0 Å². The van der Waals surface area contributed by atoms with E-state index >= 15 is 0 Å². The average Bonchev–Trinajstić information content (AvgIpc) is 3.01. The van der Waals surface area contributed by atoms with Crippen LogP contribution in [0.1, 0.15) is 10.0 Å². The third-order valence-electron chi connectivity index (χ3n) is 2.13. The molecule has 0 unspecified atom stereocenters. The van der Waals surface area contributed by atoms with E-state index in [4.69, 9.17) is 0 Å². The summed E-state index contributed by atoms with van der Waals surface area (Å²) in [6, 6.07) is 0. The zero-order chi connectivity index (χ0) is 10.1. The van der Waals surface area contributed by atoms with Crippen molar-refractivity contribution >= 4 is 48.0 Å². The van der Waals surface area contributed by atoms with E-state index in [1.54, 1.807) is 28.9 Å². The van der Waals surface area contributed by atoms with Crippen molar-refractivity contribution in [3.63, 3.8) is 0 Å². The number of hydrogen-bond donors (Lipinski definition) is 0. The van der Waals surface area contributed by atoms with E-state index in [1.165, 1.54) is 5.47 Å². The van der Waals surface area contributed by atoms with Gasteiger partial charge >= 0.3 is 96.0 Å². The molecule has 2 aromatic heterocycles. The summed E-state index contributed by atoms with van der Waals surface area (Å²) in [4.78, 5) is 13.0. The van der Waals surface area contributed by atoms with Crippen LogP contribution in [0.15, 0.2) is 28.0 Å². The fourth-order valence-corrected chi connectivity index (χ4v) is 2.84. The Labute approximate surface area is 96.1 Å². The second kappa shape index (κ2) is 3.83. The molecule has 0 radical (unpaired) electrons. The summed E-state index contributed by atoms with van der Waals surface area (Å²) in [5.41, 5.74) is 2.18. The Morgan fingerprint density at radius 1 is 1.07 bits per heavy atom. The van der Waals surface area contributed by atoms with Gasteiger partial charge in [0, 0.05) is 0 Å². The molecule has 0 fully saturated rings. The Balaban J connectivity index is 2.11. The Morgan fingerprint density at radius 3 is 2.47 bits per heavy atom. The van der Waals surface area contributed by atoms with Crippen molar-refractivity contribution in [2.75, 3.05) is 0 Å². The predicted molar refractivity (Wildman–Crippen MR) is 66.4 cm³/mol. The first-order valence-corrected chi connectivity index (χ1v) is 6.26. The van der Waals surface area contributed by atoms with Crippen molar-refractivity contribution in [1.82, 2.24) is 9.97 Å². The molecule has 3 rings (SSSR count). The molecular weight excluding hydrogens is 224 g/mol. The molecule has 0 saturated heterocycles. The number of aromatic nitrogens is 2. The molecule has 1 aliphatic heterocycles. The van der Waals surface area contributed by atoms with Crippen LogP contribution in [0.4, 0.5) is 0 Å². The van der Waals surface area contributed by atoms with Gasteiger partial charge < -0.3 is 0 Å². The fourth-order valence-electron chi connectivity index (χ4n) is 1.49. The van der Waals surface area contributed by atoms with E-state index in [1.807, 2.05) is 23.9 Å². The molecule has 1 aliphatic rings. The summed E-state index contributed by atoms with van der Waals surface area (Å²) in [5.74, 6) is 0. The SMILES string of the molecule is B1=NC(c2nccs2)=C(c2nccs2)B1. The number of nitrogens with zero attached hydrogens (tertiary/aromatic N) is 3. The van der Waals surface area contributed by atoms with Crippen LogP contribution in [0.5, 0.6) is 0 Å². The molecule has 3 heterocycles. The molecule has 0 bridgehead atoms. The summed E-state index contributed by atoms with van der Waals surface area (Å²) >= 11 is 3.26. The summed E-state index contributed by atoms with van der Waals surface area (Å²) in [7, 11) is 0.864. The zero-order valence-electron chi connectivity index (χ0n) is 7.75. The Bertz CT molecular complexity index is 516. The van der Waals surface area contributed by atoms with E-state index < -0.39 is 0 Å². The average molecular weight is 229 g/mol. The summed E-state index contributed by atoms with van der Waals surface area (Å²) in [6.45, 7) is 1.92. The van der Waals surface area contributed by atoms with Crippen molar-refractivity contribution in [3.8, 4) is 0 Å². The van der Waals surface area contributed by atoms with Crippen LogP contribution in [-0.2, 0) is 0 Å². The molecule has 0 atom stereocenters. The molecule has 0 saturated carbocycles. The molecule has 2 aromatic rings. The molecule has 0 amide bonds. The number of rotatable bonds is 2. The molecule has 0 N–H and O–H groups in total. The van der Waals surface area contributed by atoms with E-state index in [2.05, 4.69) is 14.9 Å². The predicted octanol–water partition coefficient (Wildman–Crippen LogP) is 1.68. The van der Waals surface area contributed by atoms with Crippen LogP contribution in [-0.4, -0.2) is 24.1 Å². The molecule has 3 nitrogen and oxygen atoms in total. The molecule has 7 heteroatoms. The standard InChI is InChI=1S/C8H5B2N3S2/c1-3-14-7(11-1)5-6(13-10-9-5)8-12-2-4-15-8/h1-4,9H. The second-order valence-electron chi connectivity index (χ2n) is 3.02. The van der Waals surface area contributed by atoms with Gasteiger partial charge in [-0.15, -0.1) is 0 Å². The van der Waals surface area contributed by atoms with Gasteiger partial charge in [0.2, 0.25) is 0 Å². The van der Waals surface area contributed by atoms with Crippen LogP contribution in [0.25, 0.3) is 11.2 Å². The monoisotopic (exact) mass is 229 g/mol. The summed E-state index contributed by atoms with van der Waals surface area (Å²) < 4.78 is 0. The van der Waals surface area contributed by atoms with Crippen LogP contribution < -0.4 is 0 Å². The molecule has 70 valence electrons. The van der Waals surface area contributed by atoms with Crippen LogP contribution in [0.3, 0.4) is 0 Å². The summed E-state index contributed by atoms with van der Waals surface area (Å²) in [5, 5.41) is 5.99. The van der Waals surface area contributed by atoms with Crippen molar-refractivity contribution in [2.45, 2.75) is 0 Å². The fraction of sp³-hybridized carbons (Fsp3) is 0. The minimum absolute atomic E-state index is 0.864. The Hall–Kier alpha value is -1.07. The van der Waals surface area contributed by atoms with Gasteiger partial charge in [-0.1, -0.05) is 0 Å². The minimum atomic E-state index is 0.864. The van der Waals surface area contributed by atoms with Crippen LogP contribution >= 0.6 is 22.7 Å². The van der Waals surface area contributed by atoms with Gasteiger partial charge in [-0.2, -0.15) is 0 Å². The quantitative estimate of drug-likeness (QED) is 0.734. The third kappa shape index (κ3) is 1.61. The van der Waals surface area contributed by atoms with Gasteiger partial charge in [0.25, 0.3) is 0 Å². The van der Waals surface area contributed by atoms with Gasteiger partial charge in [-0.05, 0) is 0 Å². The molecule has 0 aromatic carbocycles. The Kier molecular flexibility index (Phi) is 2.34. The normalized spacial score (nSPS) is 14.1. The third-order valence-corrected chi connectivity index (χ3v) is 3.74. The van der Waals surface area contributed by atoms with Crippen LogP contribution in [0, 0.1) is 0 Å². The van der Waals surface area contributed by atoms with Gasteiger partial charge in [0.1, 0.15) is 0 Å². The molecule has 15 heavy (non-hydrogen) atoms.